The summed E-state index contributed by atoms with van der Waals surface area (Å²) in [4.78, 5) is 14.1. The summed E-state index contributed by atoms with van der Waals surface area (Å²) >= 11 is 0. The third-order valence-corrected chi connectivity index (χ3v) is 3.06. The van der Waals surface area contributed by atoms with Crippen molar-refractivity contribution in [3.63, 3.8) is 0 Å². The summed E-state index contributed by atoms with van der Waals surface area (Å²) in [6.07, 6.45) is 0. The van der Waals surface area contributed by atoms with Gasteiger partial charge in [-0.25, -0.2) is 4.79 Å². The van der Waals surface area contributed by atoms with E-state index in [4.69, 9.17) is 15.2 Å². The molecule has 0 saturated heterocycles. The van der Waals surface area contributed by atoms with Gasteiger partial charge in [-0.3, -0.25) is 0 Å². The van der Waals surface area contributed by atoms with E-state index < -0.39 is 5.97 Å². The predicted octanol–water partition coefficient (Wildman–Crippen LogP) is 2.17. The summed E-state index contributed by atoms with van der Waals surface area (Å²) in [6, 6.07) is 5.02. The number of nitrogen functional groups attached to an aromatic ring is 1. The number of carbonyl (C=O) groups is 1. The van der Waals surface area contributed by atoms with Gasteiger partial charge in [0.2, 0.25) is 0 Å². The number of rotatable bonds is 8. The zero-order chi connectivity index (χ0) is 15.0. The molecule has 20 heavy (non-hydrogen) atoms. The maximum absolute atomic E-state index is 11.9. The highest BCUT2D eigenvalue weighted by Crippen LogP contribution is 2.22. The quantitative estimate of drug-likeness (QED) is 0.584. The first-order valence-electron chi connectivity index (χ1n) is 7.04. The highest BCUT2D eigenvalue weighted by atomic mass is 16.5. The third-order valence-electron chi connectivity index (χ3n) is 3.06. The molecule has 1 rings (SSSR count). The van der Waals surface area contributed by atoms with Gasteiger partial charge in [-0.1, -0.05) is 13.8 Å². The average Bonchev–Trinajstić information content (AvgIpc) is 2.45. The minimum Gasteiger partial charge on any atom is -0.491 e. The average molecular weight is 280 g/mol. The van der Waals surface area contributed by atoms with Crippen molar-refractivity contribution in [2.75, 3.05) is 38.6 Å². The third kappa shape index (κ3) is 4.74. The van der Waals surface area contributed by atoms with Crippen LogP contribution in [0.3, 0.4) is 0 Å². The van der Waals surface area contributed by atoms with Gasteiger partial charge in [-0.15, -0.1) is 0 Å². The molecule has 0 amide bonds. The molecule has 0 unspecified atom stereocenters. The van der Waals surface area contributed by atoms with Gasteiger partial charge in [-0.05, 0) is 38.2 Å². The molecule has 0 aliphatic carbocycles. The van der Waals surface area contributed by atoms with Gasteiger partial charge in [0.05, 0.1) is 6.61 Å². The maximum atomic E-state index is 11.9. The van der Waals surface area contributed by atoms with E-state index in [-0.39, 0.29) is 0 Å². The van der Waals surface area contributed by atoms with E-state index in [1.165, 1.54) is 0 Å². The molecule has 0 spiro atoms. The maximum Gasteiger partial charge on any atom is 0.341 e. The van der Waals surface area contributed by atoms with Crippen molar-refractivity contribution in [1.82, 2.24) is 4.90 Å². The first kappa shape index (κ1) is 16.3. The smallest absolute Gasteiger partial charge is 0.341 e. The minimum atomic E-state index is -0.405. The van der Waals surface area contributed by atoms with Crippen LogP contribution < -0.4 is 10.5 Å². The first-order chi connectivity index (χ1) is 9.62. The zero-order valence-corrected chi connectivity index (χ0v) is 12.5. The Morgan fingerprint density at radius 1 is 1.25 bits per heavy atom. The Bertz CT molecular complexity index is 431. The Hall–Kier alpha value is -1.75. The lowest BCUT2D eigenvalue weighted by molar-refractivity contribution is 0.0521. The molecule has 0 fully saturated rings. The summed E-state index contributed by atoms with van der Waals surface area (Å²) in [5.41, 5.74) is 6.61. The standard InChI is InChI=1S/C15H24N2O3/c1-4-17(5-2)9-10-20-14-8-7-12(16)11-13(14)15(18)19-6-3/h7-8,11H,4-6,9-10,16H2,1-3H3. The van der Waals surface area contributed by atoms with Crippen molar-refractivity contribution in [3.8, 4) is 5.75 Å². The van der Waals surface area contributed by atoms with E-state index in [1.54, 1.807) is 25.1 Å². The van der Waals surface area contributed by atoms with Gasteiger partial charge < -0.3 is 20.1 Å². The molecular formula is C15H24N2O3. The van der Waals surface area contributed by atoms with Crippen LogP contribution in [0.15, 0.2) is 18.2 Å². The van der Waals surface area contributed by atoms with Gasteiger partial charge in [0, 0.05) is 12.2 Å². The zero-order valence-electron chi connectivity index (χ0n) is 12.5. The molecule has 2 N–H and O–H groups in total. The summed E-state index contributed by atoms with van der Waals surface area (Å²) in [5.74, 6) is 0.113. The highest BCUT2D eigenvalue weighted by Gasteiger charge is 2.14. The number of hydrogen-bond acceptors (Lipinski definition) is 5. The van der Waals surface area contributed by atoms with Gasteiger partial charge >= 0.3 is 5.97 Å². The van der Waals surface area contributed by atoms with E-state index in [9.17, 15) is 4.79 Å². The molecule has 0 aliphatic rings. The molecule has 1 aromatic rings. The normalized spacial score (nSPS) is 10.6. The fourth-order valence-electron chi connectivity index (χ4n) is 1.87. The summed E-state index contributed by atoms with van der Waals surface area (Å²) in [5, 5.41) is 0. The van der Waals surface area contributed by atoms with Crippen LogP contribution in [-0.2, 0) is 4.74 Å². The van der Waals surface area contributed by atoms with Crippen LogP contribution in [0, 0.1) is 0 Å². The second kappa shape index (κ2) is 8.43. The molecule has 5 nitrogen and oxygen atoms in total. The molecule has 0 aromatic heterocycles. The number of benzene rings is 1. The second-order valence-electron chi connectivity index (χ2n) is 4.35. The number of hydrogen-bond donors (Lipinski definition) is 1. The van der Waals surface area contributed by atoms with Crippen molar-refractivity contribution in [3.05, 3.63) is 23.8 Å². The van der Waals surface area contributed by atoms with Gasteiger partial charge in [0.1, 0.15) is 17.9 Å². The largest absolute Gasteiger partial charge is 0.491 e. The number of nitrogens with zero attached hydrogens (tertiary/aromatic N) is 1. The molecular weight excluding hydrogens is 256 g/mol. The minimum absolute atomic E-state index is 0.326. The van der Waals surface area contributed by atoms with Crippen LogP contribution in [0.4, 0.5) is 5.69 Å². The van der Waals surface area contributed by atoms with Crippen LogP contribution in [0.5, 0.6) is 5.75 Å². The monoisotopic (exact) mass is 280 g/mol. The van der Waals surface area contributed by atoms with Gasteiger partial charge in [0.15, 0.2) is 0 Å². The summed E-state index contributed by atoms with van der Waals surface area (Å²) < 4.78 is 10.7. The molecule has 0 radical (unpaired) electrons. The number of anilines is 1. The Balaban J connectivity index is 2.71. The topological polar surface area (TPSA) is 64.8 Å². The van der Waals surface area contributed by atoms with Gasteiger partial charge in [-0.2, -0.15) is 0 Å². The van der Waals surface area contributed by atoms with Crippen LogP contribution in [0.1, 0.15) is 31.1 Å². The molecule has 0 aliphatic heterocycles. The van der Waals surface area contributed by atoms with E-state index in [0.717, 1.165) is 19.6 Å². The molecule has 0 heterocycles. The van der Waals surface area contributed by atoms with Crippen LogP contribution >= 0.6 is 0 Å². The molecule has 112 valence electrons. The van der Waals surface area contributed by atoms with E-state index in [0.29, 0.717) is 30.2 Å². The van der Waals surface area contributed by atoms with Crippen molar-refractivity contribution < 1.29 is 14.3 Å². The molecule has 0 bridgehead atoms. The lowest BCUT2D eigenvalue weighted by Crippen LogP contribution is -2.28. The van der Waals surface area contributed by atoms with E-state index in [2.05, 4.69) is 18.7 Å². The predicted molar refractivity (Wildman–Crippen MR) is 80.1 cm³/mol. The fraction of sp³-hybridized carbons (Fsp3) is 0.533. The summed E-state index contributed by atoms with van der Waals surface area (Å²) in [6.45, 7) is 9.61. The first-order valence-corrected chi connectivity index (χ1v) is 7.04. The fourth-order valence-corrected chi connectivity index (χ4v) is 1.87. The number of likely N-dealkylation sites (N-methyl/N-ethyl adjacent to an activating group) is 1. The van der Waals surface area contributed by atoms with Crippen molar-refractivity contribution in [2.45, 2.75) is 20.8 Å². The number of ether oxygens (including phenoxy) is 2. The molecule has 0 atom stereocenters. The highest BCUT2D eigenvalue weighted by molar-refractivity contribution is 5.93. The number of nitrogens with two attached hydrogens (primary N) is 1. The van der Waals surface area contributed by atoms with Crippen molar-refractivity contribution >= 4 is 11.7 Å². The Labute approximate surface area is 120 Å². The second-order valence-corrected chi connectivity index (χ2v) is 4.35. The number of esters is 1. The van der Waals surface area contributed by atoms with Crippen LogP contribution in [0.25, 0.3) is 0 Å². The Morgan fingerprint density at radius 2 is 1.95 bits per heavy atom. The number of carbonyl (C=O) groups excluding carboxylic acids is 1. The lowest BCUT2D eigenvalue weighted by atomic mass is 10.2. The van der Waals surface area contributed by atoms with Crippen LogP contribution in [0.2, 0.25) is 0 Å². The lowest BCUT2D eigenvalue weighted by Gasteiger charge is -2.18. The molecule has 5 heteroatoms. The van der Waals surface area contributed by atoms with Crippen LogP contribution in [-0.4, -0.2) is 43.7 Å². The SMILES string of the molecule is CCOC(=O)c1cc(N)ccc1OCCN(CC)CC. The van der Waals surface area contributed by atoms with E-state index >= 15 is 0 Å². The van der Waals surface area contributed by atoms with Gasteiger partial charge in [0.25, 0.3) is 0 Å². The molecule has 1 aromatic carbocycles. The molecule has 0 saturated carbocycles. The Morgan fingerprint density at radius 3 is 2.55 bits per heavy atom. The Kier molecular flexibility index (Phi) is 6.87. The van der Waals surface area contributed by atoms with Crippen molar-refractivity contribution in [2.24, 2.45) is 0 Å². The van der Waals surface area contributed by atoms with E-state index in [1.807, 2.05) is 0 Å². The summed E-state index contributed by atoms with van der Waals surface area (Å²) in [7, 11) is 0. The van der Waals surface area contributed by atoms with Crippen molar-refractivity contribution in [1.29, 1.82) is 0 Å².